The van der Waals surface area contributed by atoms with Crippen LogP contribution in [0.15, 0.2) is 53.3 Å². The third-order valence-electron chi connectivity index (χ3n) is 3.17. The maximum absolute atomic E-state index is 11.9. The molecule has 0 aliphatic heterocycles. The molecule has 0 saturated carbocycles. The van der Waals surface area contributed by atoms with Crippen molar-refractivity contribution in [1.82, 2.24) is 4.57 Å². The summed E-state index contributed by atoms with van der Waals surface area (Å²) in [4.78, 5) is 23.7. The molecule has 0 bridgehead atoms. The van der Waals surface area contributed by atoms with Crippen molar-refractivity contribution in [2.75, 3.05) is 0 Å². The van der Waals surface area contributed by atoms with E-state index in [1.807, 2.05) is 24.3 Å². The third-order valence-corrected chi connectivity index (χ3v) is 4.39. The molecule has 1 heterocycles. The fourth-order valence-electron chi connectivity index (χ4n) is 2.08. The molecule has 0 atom stereocenters. The Hall–Kier alpha value is -2.11. The van der Waals surface area contributed by atoms with Crippen molar-refractivity contribution in [1.29, 1.82) is 0 Å². The number of aromatic nitrogens is 1. The monoisotopic (exact) mass is 333 g/mol. The first-order valence-corrected chi connectivity index (χ1v) is 7.81. The second-order valence-electron chi connectivity index (χ2n) is 4.71. The summed E-state index contributed by atoms with van der Waals surface area (Å²) in [5.41, 5.74) is 1.60. The van der Waals surface area contributed by atoms with Crippen molar-refractivity contribution < 1.29 is 9.53 Å². The van der Waals surface area contributed by atoms with Gasteiger partial charge in [-0.2, -0.15) is 0 Å². The van der Waals surface area contributed by atoms with Crippen LogP contribution in [0.5, 0.6) is 0 Å². The van der Waals surface area contributed by atoms with E-state index in [1.54, 1.807) is 24.3 Å². The molecule has 3 rings (SSSR count). The minimum Gasteiger partial charge on any atom is -0.459 e. The summed E-state index contributed by atoms with van der Waals surface area (Å²) < 4.78 is 7.50. The molecule has 0 aliphatic carbocycles. The first-order chi connectivity index (χ1) is 10.6. The number of thiazole rings is 1. The summed E-state index contributed by atoms with van der Waals surface area (Å²) in [7, 11) is 0. The predicted molar refractivity (Wildman–Crippen MR) is 87.3 cm³/mol. The smallest absolute Gasteiger partial charge is 0.326 e. The van der Waals surface area contributed by atoms with Crippen LogP contribution in [-0.4, -0.2) is 10.5 Å². The van der Waals surface area contributed by atoms with Crippen LogP contribution in [0.2, 0.25) is 5.02 Å². The molecule has 22 heavy (non-hydrogen) atoms. The average Bonchev–Trinajstić information content (AvgIpc) is 2.83. The van der Waals surface area contributed by atoms with Gasteiger partial charge in [0, 0.05) is 5.02 Å². The topological polar surface area (TPSA) is 48.3 Å². The van der Waals surface area contributed by atoms with Gasteiger partial charge in [-0.15, -0.1) is 0 Å². The largest absolute Gasteiger partial charge is 0.459 e. The molecular formula is C16H12ClNO3S. The quantitative estimate of drug-likeness (QED) is 0.687. The summed E-state index contributed by atoms with van der Waals surface area (Å²) >= 11 is 6.92. The van der Waals surface area contributed by atoms with E-state index in [0.29, 0.717) is 5.02 Å². The van der Waals surface area contributed by atoms with Gasteiger partial charge in [0.2, 0.25) is 0 Å². The molecule has 0 amide bonds. The summed E-state index contributed by atoms with van der Waals surface area (Å²) in [6.07, 6.45) is 0. The van der Waals surface area contributed by atoms with E-state index in [2.05, 4.69) is 0 Å². The normalized spacial score (nSPS) is 10.8. The average molecular weight is 334 g/mol. The number of carbonyl (C=O) groups is 1. The van der Waals surface area contributed by atoms with E-state index < -0.39 is 5.97 Å². The Kier molecular flexibility index (Phi) is 4.27. The van der Waals surface area contributed by atoms with Gasteiger partial charge in [-0.3, -0.25) is 14.2 Å². The Labute approximate surface area is 135 Å². The number of rotatable bonds is 4. The highest BCUT2D eigenvalue weighted by Gasteiger charge is 2.11. The first kappa shape index (κ1) is 14.8. The van der Waals surface area contributed by atoms with Gasteiger partial charge in [0.1, 0.15) is 13.2 Å². The van der Waals surface area contributed by atoms with Crippen LogP contribution in [0.25, 0.3) is 10.2 Å². The molecular weight excluding hydrogens is 322 g/mol. The number of esters is 1. The van der Waals surface area contributed by atoms with Crippen LogP contribution < -0.4 is 4.87 Å². The van der Waals surface area contributed by atoms with Gasteiger partial charge in [-0.25, -0.2) is 0 Å². The number of halogens is 1. The van der Waals surface area contributed by atoms with E-state index in [4.69, 9.17) is 16.3 Å². The van der Waals surface area contributed by atoms with Crippen molar-refractivity contribution in [3.05, 3.63) is 68.8 Å². The molecule has 0 unspecified atom stereocenters. The maximum atomic E-state index is 11.9. The Balaban J connectivity index is 1.69. The zero-order chi connectivity index (χ0) is 15.5. The lowest BCUT2D eigenvalue weighted by Crippen LogP contribution is -2.20. The molecule has 0 saturated heterocycles. The molecule has 0 spiro atoms. The number of ether oxygens (including phenoxy) is 1. The van der Waals surface area contributed by atoms with Crippen molar-refractivity contribution in [2.24, 2.45) is 0 Å². The van der Waals surface area contributed by atoms with Crippen molar-refractivity contribution in [3.8, 4) is 0 Å². The van der Waals surface area contributed by atoms with Crippen molar-refractivity contribution >= 4 is 39.1 Å². The van der Waals surface area contributed by atoms with Crippen LogP contribution in [0.4, 0.5) is 0 Å². The highest BCUT2D eigenvalue weighted by atomic mass is 35.5. The maximum Gasteiger partial charge on any atom is 0.326 e. The molecule has 4 nitrogen and oxygen atoms in total. The lowest BCUT2D eigenvalue weighted by Gasteiger charge is -2.06. The van der Waals surface area contributed by atoms with E-state index in [1.165, 1.54) is 4.57 Å². The van der Waals surface area contributed by atoms with E-state index in [9.17, 15) is 9.59 Å². The predicted octanol–water partition coefficient (Wildman–Crippen LogP) is 3.46. The Bertz CT molecular complexity index is 867. The lowest BCUT2D eigenvalue weighted by molar-refractivity contribution is -0.145. The van der Waals surface area contributed by atoms with Gasteiger partial charge in [-0.1, -0.05) is 47.2 Å². The molecule has 1 aromatic heterocycles. The minimum atomic E-state index is -0.444. The minimum absolute atomic E-state index is 0.0869. The molecule has 0 radical (unpaired) electrons. The zero-order valence-electron chi connectivity index (χ0n) is 11.5. The SMILES string of the molecule is O=C(Cn1c(=O)sc2ccccc21)OCc1ccc(Cl)cc1. The van der Waals surface area contributed by atoms with Crippen LogP contribution in [-0.2, 0) is 22.7 Å². The number of fused-ring (bicyclic) bond motifs is 1. The van der Waals surface area contributed by atoms with Crippen LogP contribution in [0, 0.1) is 0 Å². The van der Waals surface area contributed by atoms with Crippen LogP contribution in [0.3, 0.4) is 0 Å². The van der Waals surface area contributed by atoms with E-state index in [0.717, 1.165) is 27.1 Å². The third kappa shape index (κ3) is 3.21. The summed E-state index contributed by atoms with van der Waals surface area (Å²) in [6, 6.07) is 14.4. The number of carbonyl (C=O) groups excluding carboxylic acids is 1. The van der Waals surface area contributed by atoms with E-state index >= 15 is 0 Å². The molecule has 2 aromatic carbocycles. The number of hydrogen-bond acceptors (Lipinski definition) is 4. The van der Waals surface area contributed by atoms with Gasteiger partial charge < -0.3 is 4.74 Å². The van der Waals surface area contributed by atoms with Crippen molar-refractivity contribution in [2.45, 2.75) is 13.2 Å². The second-order valence-corrected chi connectivity index (χ2v) is 6.14. The van der Waals surface area contributed by atoms with Gasteiger partial charge in [0.15, 0.2) is 0 Å². The van der Waals surface area contributed by atoms with Gasteiger partial charge in [0.05, 0.1) is 10.2 Å². The van der Waals surface area contributed by atoms with Gasteiger partial charge in [-0.05, 0) is 29.8 Å². The Morgan fingerprint density at radius 3 is 2.64 bits per heavy atom. The molecule has 0 N–H and O–H groups in total. The molecule has 0 aliphatic rings. The summed E-state index contributed by atoms with van der Waals surface area (Å²) in [5, 5.41) is 0.631. The highest BCUT2D eigenvalue weighted by molar-refractivity contribution is 7.16. The fraction of sp³-hybridized carbons (Fsp3) is 0.125. The number of nitrogens with zero attached hydrogens (tertiary/aromatic N) is 1. The molecule has 3 aromatic rings. The Morgan fingerprint density at radius 2 is 1.86 bits per heavy atom. The Morgan fingerprint density at radius 1 is 1.14 bits per heavy atom. The van der Waals surface area contributed by atoms with Crippen LogP contribution in [0.1, 0.15) is 5.56 Å². The van der Waals surface area contributed by atoms with E-state index in [-0.39, 0.29) is 18.0 Å². The van der Waals surface area contributed by atoms with Crippen LogP contribution >= 0.6 is 22.9 Å². The lowest BCUT2D eigenvalue weighted by atomic mass is 10.2. The van der Waals surface area contributed by atoms with Gasteiger partial charge in [0.25, 0.3) is 0 Å². The highest BCUT2D eigenvalue weighted by Crippen LogP contribution is 2.16. The molecule has 0 fully saturated rings. The standard InChI is InChI=1S/C16H12ClNO3S/c17-12-7-5-11(6-8-12)10-21-15(19)9-18-13-3-1-2-4-14(13)22-16(18)20/h1-8H,9-10H2. The van der Waals surface area contributed by atoms with Crippen molar-refractivity contribution in [3.63, 3.8) is 0 Å². The second kappa shape index (κ2) is 6.34. The number of hydrogen-bond donors (Lipinski definition) is 0. The zero-order valence-corrected chi connectivity index (χ0v) is 13.1. The molecule has 6 heteroatoms. The summed E-state index contributed by atoms with van der Waals surface area (Å²) in [5.74, 6) is -0.444. The number of benzene rings is 2. The fourth-order valence-corrected chi connectivity index (χ4v) is 3.10. The first-order valence-electron chi connectivity index (χ1n) is 6.62. The number of para-hydroxylation sites is 1. The molecule has 112 valence electrons. The summed E-state index contributed by atoms with van der Waals surface area (Å²) in [6.45, 7) is 0.0727. The van der Waals surface area contributed by atoms with Gasteiger partial charge >= 0.3 is 10.8 Å².